The minimum Gasteiger partial charge on any atom is -0.322 e. The Hall–Kier alpha value is -3.21. The van der Waals surface area contributed by atoms with Crippen molar-refractivity contribution in [3.05, 3.63) is 83.9 Å². The van der Waals surface area contributed by atoms with Crippen molar-refractivity contribution in [2.75, 3.05) is 22.7 Å². The van der Waals surface area contributed by atoms with E-state index in [-0.39, 0.29) is 21.4 Å². The fourth-order valence-electron chi connectivity index (χ4n) is 5.01. The average molecular weight is 540 g/mol. The zero-order valence-corrected chi connectivity index (χ0v) is 22.1. The van der Waals surface area contributed by atoms with Crippen LogP contribution in [0.25, 0.3) is 0 Å². The van der Waals surface area contributed by atoms with Crippen LogP contribution in [0.2, 0.25) is 0 Å². The Kier molecular flexibility index (Phi) is 6.82. The highest BCUT2D eigenvalue weighted by atomic mass is 32.2. The summed E-state index contributed by atoms with van der Waals surface area (Å²) in [5.74, 6) is -0.528. The Morgan fingerprint density at radius 1 is 0.811 bits per heavy atom. The third-order valence-corrected chi connectivity index (χ3v) is 10.7. The van der Waals surface area contributed by atoms with Crippen LogP contribution in [0.5, 0.6) is 0 Å². The molecule has 1 amide bonds. The van der Waals surface area contributed by atoms with Crippen LogP contribution >= 0.6 is 0 Å². The number of para-hydroxylation sites is 1. The van der Waals surface area contributed by atoms with Crippen molar-refractivity contribution in [1.29, 1.82) is 0 Å². The number of hydrogen-bond acceptors (Lipinski definition) is 5. The number of nitrogens with zero attached hydrogens (tertiary/aromatic N) is 2. The number of anilines is 2. The molecule has 1 N–H and O–H groups in total. The monoisotopic (exact) mass is 539 g/mol. The van der Waals surface area contributed by atoms with Gasteiger partial charge in [-0.25, -0.2) is 16.8 Å². The zero-order chi connectivity index (χ0) is 26.2. The first-order chi connectivity index (χ1) is 17.7. The lowest BCUT2D eigenvalue weighted by molar-refractivity contribution is 0.102. The number of piperidine rings is 1. The Morgan fingerprint density at radius 2 is 1.49 bits per heavy atom. The van der Waals surface area contributed by atoms with Gasteiger partial charge < -0.3 is 5.32 Å². The molecule has 0 bridgehead atoms. The highest BCUT2D eigenvalue weighted by Gasteiger charge is 2.36. The topological polar surface area (TPSA) is 104 Å². The maximum atomic E-state index is 13.6. The van der Waals surface area contributed by atoms with Crippen LogP contribution in [0.15, 0.2) is 82.6 Å². The molecule has 2 aliphatic rings. The molecule has 3 aromatic carbocycles. The molecule has 1 fully saturated rings. The van der Waals surface area contributed by atoms with Gasteiger partial charge in [0.05, 0.1) is 15.5 Å². The highest BCUT2D eigenvalue weighted by Crippen LogP contribution is 2.36. The lowest BCUT2D eigenvalue weighted by Gasteiger charge is -2.26. The van der Waals surface area contributed by atoms with Crippen molar-refractivity contribution in [3.8, 4) is 0 Å². The van der Waals surface area contributed by atoms with E-state index in [1.807, 2.05) is 25.1 Å². The number of carbonyl (C=O) groups excluding carboxylic acids is 1. The predicted octanol–water partition coefficient (Wildman–Crippen LogP) is 4.25. The van der Waals surface area contributed by atoms with Gasteiger partial charge in [0.1, 0.15) is 0 Å². The molecule has 10 heteroatoms. The van der Waals surface area contributed by atoms with E-state index in [1.54, 1.807) is 18.2 Å². The number of benzene rings is 3. The van der Waals surface area contributed by atoms with Crippen molar-refractivity contribution in [2.24, 2.45) is 0 Å². The number of nitrogens with one attached hydrogen (secondary N) is 1. The van der Waals surface area contributed by atoms with Crippen LogP contribution in [0, 0.1) is 0 Å². The fourth-order valence-corrected chi connectivity index (χ4v) is 8.31. The van der Waals surface area contributed by atoms with E-state index in [1.165, 1.54) is 45.0 Å². The molecule has 0 saturated carbocycles. The van der Waals surface area contributed by atoms with Gasteiger partial charge in [-0.2, -0.15) is 4.31 Å². The van der Waals surface area contributed by atoms with Crippen LogP contribution in [-0.2, 0) is 26.5 Å². The standard InChI is InChI=1S/C27H29N3O5S2/c1-20-17-21-9-3-4-14-26(21)30(20)37(34,35)24-12-7-10-22(18-24)27(31)28-23-11-8-13-25(19-23)36(32,33)29-15-5-2-6-16-29/h3-4,7-14,18-20H,2,5-6,15-17H2,1H3,(H,28,31)/t20-/m0/s1. The molecule has 0 aliphatic carbocycles. The van der Waals surface area contributed by atoms with Crippen molar-refractivity contribution in [1.82, 2.24) is 4.31 Å². The first-order valence-electron chi connectivity index (χ1n) is 12.3. The first-order valence-corrected chi connectivity index (χ1v) is 15.2. The molecule has 0 spiro atoms. The Labute approximate surface area is 218 Å². The average Bonchev–Trinajstić information content (AvgIpc) is 3.26. The quantitative estimate of drug-likeness (QED) is 0.504. The summed E-state index contributed by atoms with van der Waals surface area (Å²) in [5, 5.41) is 2.72. The van der Waals surface area contributed by atoms with Gasteiger partial charge >= 0.3 is 0 Å². The summed E-state index contributed by atoms with van der Waals surface area (Å²) in [4.78, 5) is 13.2. The summed E-state index contributed by atoms with van der Waals surface area (Å²) in [6, 6.07) is 19.2. The third-order valence-electron chi connectivity index (χ3n) is 6.84. The SMILES string of the molecule is C[C@H]1Cc2ccccc2N1S(=O)(=O)c1cccc(C(=O)Nc2cccc(S(=O)(=O)N3CCCCC3)c2)c1. The van der Waals surface area contributed by atoms with E-state index in [4.69, 9.17) is 0 Å². The van der Waals surface area contributed by atoms with Crippen LogP contribution < -0.4 is 9.62 Å². The molecule has 0 unspecified atom stereocenters. The number of rotatable bonds is 6. The van der Waals surface area contributed by atoms with Gasteiger partial charge in [-0.15, -0.1) is 0 Å². The Bertz CT molecular complexity index is 1550. The van der Waals surface area contributed by atoms with Crippen molar-refractivity contribution < 1.29 is 21.6 Å². The zero-order valence-electron chi connectivity index (χ0n) is 20.5. The van der Waals surface area contributed by atoms with E-state index in [2.05, 4.69) is 5.32 Å². The number of hydrogen-bond donors (Lipinski definition) is 1. The van der Waals surface area contributed by atoms with Crippen LogP contribution in [0.4, 0.5) is 11.4 Å². The lowest BCUT2D eigenvalue weighted by atomic mass is 10.1. The summed E-state index contributed by atoms with van der Waals surface area (Å²) in [7, 11) is -7.55. The second-order valence-corrected chi connectivity index (χ2v) is 13.2. The molecular weight excluding hydrogens is 510 g/mol. The molecule has 3 aromatic rings. The molecule has 0 aromatic heterocycles. The molecule has 0 radical (unpaired) electrons. The van der Waals surface area contributed by atoms with Crippen LogP contribution in [-0.4, -0.2) is 46.2 Å². The molecular formula is C27H29N3O5S2. The van der Waals surface area contributed by atoms with Gasteiger partial charge in [-0.05, 0) is 74.2 Å². The van der Waals surface area contributed by atoms with E-state index in [0.717, 1.165) is 24.8 Å². The number of sulfonamides is 2. The predicted molar refractivity (Wildman–Crippen MR) is 143 cm³/mol. The first kappa shape index (κ1) is 25.4. The molecule has 1 atom stereocenters. The molecule has 37 heavy (non-hydrogen) atoms. The second kappa shape index (κ2) is 9.92. The van der Waals surface area contributed by atoms with Crippen molar-refractivity contribution in [3.63, 3.8) is 0 Å². The van der Waals surface area contributed by atoms with Gasteiger partial charge in [0, 0.05) is 30.4 Å². The van der Waals surface area contributed by atoms with E-state index < -0.39 is 26.0 Å². The van der Waals surface area contributed by atoms with E-state index >= 15 is 0 Å². The summed E-state index contributed by atoms with van der Waals surface area (Å²) < 4.78 is 56.1. The minimum absolute atomic E-state index is 0.0186. The molecule has 2 heterocycles. The minimum atomic E-state index is -3.90. The molecule has 1 saturated heterocycles. The molecule has 194 valence electrons. The summed E-state index contributed by atoms with van der Waals surface area (Å²) in [6.45, 7) is 2.83. The number of carbonyl (C=O) groups is 1. The molecule has 2 aliphatic heterocycles. The Balaban J connectivity index is 1.38. The highest BCUT2D eigenvalue weighted by molar-refractivity contribution is 7.93. The summed E-state index contributed by atoms with van der Waals surface area (Å²) >= 11 is 0. The second-order valence-electron chi connectivity index (χ2n) is 9.46. The molecule has 5 rings (SSSR count). The van der Waals surface area contributed by atoms with Gasteiger partial charge in [0.25, 0.3) is 15.9 Å². The van der Waals surface area contributed by atoms with Crippen LogP contribution in [0.3, 0.4) is 0 Å². The largest absolute Gasteiger partial charge is 0.322 e. The maximum absolute atomic E-state index is 13.6. The van der Waals surface area contributed by atoms with Crippen molar-refractivity contribution in [2.45, 2.75) is 48.4 Å². The normalized spacial score (nSPS) is 18.4. The number of fused-ring (bicyclic) bond motifs is 1. The molecule has 8 nitrogen and oxygen atoms in total. The lowest BCUT2D eigenvalue weighted by Crippen LogP contribution is -2.35. The van der Waals surface area contributed by atoms with Gasteiger partial charge in [-0.1, -0.05) is 36.8 Å². The summed E-state index contributed by atoms with van der Waals surface area (Å²) in [5.41, 5.74) is 2.09. The Morgan fingerprint density at radius 3 is 2.24 bits per heavy atom. The number of amides is 1. The summed E-state index contributed by atoms with van der Waals surface area (Å²) in [6.07, 6.45) is 3.29. The van der Waals surface area contributed by atoms with E-state index in [9.17, 15) is 21.6 Å². The van der Waals surface area contributed by atoms with E-state index in [0.29, 0.717) is 30.9 Å². The maximum Gasteiger partial charge on any atom is 0.264 e. The fraction of sp³-hybridized carbons (Fsp3) is 0.296. The van der Waals surface area contributed by atoms with Gasteiger partial charge in [-0.3, -0.25) is 9.10 Å². The third kappa shape index (κ3) is 4.88. The smallest absolute Gasteiger partial charge is 0.264 e. The van der Waals surface area contributed by atoms with Gasteiger partial charge in [0.2, 0.25) is 10.0 Å². The van der Waals surface area contributed by atoms with Gasteiger partial charge in [0.15, 0.2) is 0 Å². The van der Waals surface area contributed by atoms with Crippen LogP contribution in [0.1, 0.15) is 42.1 Å². The van der Waals surface area contributed by atoms with Crippen molar-refractivity contribution >= 4 is 37.3 Å².